The lowest BCUT2D eigenvalue weighted by Crippen LogP contribution is -2.36. The van der Waals surface area contributed by atoms with Gasteiger partial charge in [-0.2, -0.15) is 5.10 Å². The normalized spacial score (nSPS) is 14.7. The number of fused-ring (bicyclic) bond motifs is 1. The largest absolute Gasteiger partial charge is 0.383 e. The number of likely N-dealkylation sites (tertiary alicyclic amines) is 1. The van der Waals surface area contributed by atoms with Crippen LogP contribution in [0, 0.1) is 18.8 Å². The summed E-state index contributed by atoms with van der Waals surface area (Å²) in [6, 6.07) is 4.14. The van der Waals surface area contributed by atoms with Crippen LogP contribution in [0.4, 0.5) is 5.82 Å². The molecule has 1 saturated heterocycles. The number of imidazole rings is 1. The average molecular weight is 464 g/mol. The number of H-pyrrole nitrogens is 1. The number of nitrogens with one attached hydrogen (secondary N) is 2. The Bertz CT molecular complexity index is 1250. The van der Waals surface area contributed by atoms with Crippen LogP contribution in [0.25, 0.3) is 5.52 Å². The first-order chi connectivity index (χ1) is 16.4. The Kier molecular flexibility index (Phi) is 8.05. The van der Waals surface area contributed by atoms with Gasteiger partial charge in [-0.25, -0.2) is 4.98 Å². The van der Waals surface area contributed by atoms with Crippen molar-refractivity contribution in [1.82, 2.24) is 24.5 Å². The van der Waals surface area contributed by atoms with Gasteiger partial charge in [0.05, 0.1) is 36.3 Å². The fourth-order valence-corrected chi connectivity index (χ4v) is 3.84. The second-order valence-electron chi connectivity index (χ2n) is 7.71. The third kappa shape index (κ3) is 5.27. The van der Waals surface area contributed by atoms with E-state index >= 15 is 0 Å². The number of amides is 2. The zero-order valence-corrected chi connectivity index (χ0v) is 19.6. The van der Waals surface area contributed by atoms with E-state index in [9.17, 15) is 9.59 Å². The molecule has 0 saturated carbocycles. The van der Waals surface area contributed by atoms with Crippen LogP contribution >= 0.6 is 0 Å². The molecule has 4 N–H and O–H groups in total. The third-order valence-corrected chi connectivity index (χ3v) is 5.55. The smallest absolute Gasteiger partial charge is 0.255 e. The minimum atomic E-state index is -0.583. The van der Waals surface area contributed by atoms with E-state index in [0.717, 1.165) is 36.2 Å². The van der Waals surface area contributed by atoms with Crippen LogP contribution < -0.4 is 11.1 Å². The van der Waals surface area contributed by atoms with Crippen LogP contribution in [0.2, 0.25) is 0 Å². The highest BCUT2D eigenvalue weighted by Gasteiger charge is 2.26. The predicted molar refractivity (Wildman–Crippen MR) is 129 cm³/mol. The molecule has 3 aromatic heterocycles. The highest BCUT2D eigenvalue weighted by molar-refractivity contribution is 5.99. The first kappa shape index (κ1) is 24.5. The Morgan fingerprint density at radius 2 is 2.21 bits per heavy atom. The Balaban J connectivity index is 0.000000229. The molecule has 34 heavy (non-hydrogen) atoms. The summed E-state index contributed by atoms with van der Waals surface area (Å²) >= 11 is 0. The van der Waals surface area contributed by atoms with Gasteiger partial charge in [0, 0.05) is 26.4 Å². The molecule has 4 heterocycles. The number of methoxy groups -OCH3 is 1. The fraction of sp³-hybridized carbons (Fsp3) is 0.333. The first-order valence-corrected chi connectivity index (χ1v) is 10.8. The van der Waals surface area contributed by atoms with E-state index in [2.05, 4.69) is 38.9 Å². The number of rotatable bonds is 5. The number of aromatic nitrogens is 4. The Labute approximate surface area is 198 Å². The van der Waals surface area contributed by atoms with Gasteiger partial charge in [0.2, 0.25) is 5.91 Å². The van der Waals surface area contributed by atoms with E-state index in [0.29, 0.717) is 18.1 Å². The monoisotopic (exact) mass is 463 g/mol. The lowest BCUT2D eigenvalue weighted by molar-refractivity contribution is -0.127. The van der Waals surface area contributed by atoms with Gasteiger partial charge < -0.3 is 25.1 Å². The summed E-state index contributed by atoms with van der Waals surface area (Å²) in [4.78, 5) is 28.7. The van der Waals surface area contributed by atoms with Crippen LogP contribution in [0.15, 0.2) is 37.3 Å². The summed E-state index contributed by atoms with van der Waals surface area (Å²) < 4.78 is 6.97. The van der Waals surface area contributed by atoms with Gasteiger partial charge in [-0.1, -0.05) is 12.5 Å². The topological polar surface area (TPSA) is 131 Å². The second kappa shape index (κ2) is 11.2. The highest BCUT2D eigenvalue weighted by Crippen LogP contribution is 2.18. The number of carbonyl (C=O) groups is 2. The predicted octanol–water partition coefficient (Wildman–Crippen LogP) is 1.72. The van der Waals surface area contributed by atoms with Gasteiger partial charge in [-0.3, -0.25) is 14.7 Å². The zero-order valence-electron chi connectivity index (χ0n) is 19.6. The number of primary amides is 1. The van der Waals surface area contributed by atoms with Crippen LogP contribution in [0.5, 0.6) is 0 Å². The number of anilines is 1. The average Bonchev–Trinajstić information content (AvgIpc) is 3.58. The Hall–Kier alpha value is -4.10. The minimum Gasteiger partial charge on any atom is -0.383 e. The van der Waals surface area contributed by atoms with Crippen molar-refractivity contribution in [2.24, 2.45) is 5.73 Å². The zero-order chi connectivity index (χ0) is 24.7. The molecule has 2 amide bonds. The van der Waals surface area contributed by atoms with Gasteiger partial charge in [-0.05, 0) is 43.9 Å². The second-order valence-corrected chi connectivity index (χ2v) is 7.71. The van der Waals surface area contributed by atoms with Crippen molar-refractivity contribution < 1.29 is 14.3 Å². The standard InChI is InChI=1S/C15H14N6O.C9H15NO2/c1-9-3-4-10(12-7-18-8-21(9)12)5-6-11-13(14(16)22)15(17-2)20-19-11;1-3-9(11)10-6-4-5-8(10)7-12-2/h3-4,7-8H,1-2H3,(H2,16,22)(H2,17,19,20);3,8H,1,4-7H2,2H3. The number of ether oxygens (including phenoxy) is 1. The summed E-state index contributed by atoms with van der Waals surface area (Å²) in [6.07, 6.45) is 6.98. The van der Waals surface area contributed by atoms with Crippen molar-refractivity contribution in [2.45, 2.75) is 25.8 Å². The maximum atomic E-state index is 11.5. The van der Waals surface area contributed by atoms with Gasteiger partial charge in [-0.15, -0.1) is 0 Å². The van der Waals surface area contributed by atoms with E-state index in [4.69, 9.17) is 10.5 Å². The first-order valence-electron chi connectivity index (χ1n) is 10.8. The third-order valence-electron chi connectivity index (χ3n) is 5.55. The summed E-state index contributed by atoms with van der Waals surface area (Å²) in [6.45, 7) is 6.94. The molecule has 0 radical (unpaired) electrons. The van der Waals surface area contributed by atoms with Crippen molar-refractivity contribution in [1.29, 1.82) is 0 Å². The van der Waals surface area contributed by atoms with E-state index in [-0.39, 0.29) is 17.5 Å². The van der Waals surface area contributed by atoms with E-state index in [1.807, 2.05) is 28.4 Å². The van der Waals surface area contributed by atoms with Gasteiger partial charge >= 0.3 is 0 Å². The van der Waals surface area contributed by atoms with Crippen molar-refractivity contribution in [2.75, 3.05) is 32.6 Å². The Morgan fingerprint density at radius 3 is 2.88 bits per heavy atom. The lowest BCUT2D eigenvalue weighted by Gasteiger charge is -2.22. The minimum absolute atomic E-state index is 0.0227. The Morgan fingerprint density at radius 1 is 1.41 bits per heavy atom. The molecule has 1 aliphatic heterocycles. The molecule has 178 valence electrons. The maximum Gasteiger partial charge on any atom is 0.255 e. The molecule has 0 aliphatic carbocycles. The summed E-state index contributed by atoms with van der Waals surface area (Å²) in [5.74, 6) is 5.77. The number of nitrogens with two attached hydrogens (primary N) is 1. The molecule has 1 unspecified atom stereocenters. The molecule has 0 aromatic carbocycles. The summed E-state index contributed by atoms with van der Waals surface area (Å²) in [7, 11) is 3.32. The maximum absolute atomic E-state index is 11.5. The molecule has 1 atom stereocenters. The van der Waals surface area contributed by atoms with Gasteiger partial charge in [0.1, 0.15) is 11.3 Å². The fourth-order valence-electron chi connectivity index (χ4n) is 3.84. The highest BCUT2D eigenvalue weighted by atomic mass is 16.5. The van der Waals surface area contributed by atoms with Crippen molar-refractivity contribution in [3.63, 3.8) is 0 Å². The van der Waals surface area contributed by atoms with Crippen molar-refractivity contribution in [3.8, 4) is 11.8 Å². The molecule has 3 aromatic rings. The number of aromatic amines is 1. The van der Waals surface area contributed by atoms with Crippen LogP contribution in [0.1, 0.15) is 40.2 Å². The van der Waals surface area contributed by atoms with Gasteiger partial charge in [0.15, 0.2) is 5.82 Å². The quantitative estimate of drug-likeness (QED) is 0.390. The molecular formula is C24H29N7O3. The number of carbonyl (C=O) groups excluding carboxylic acids is 2. The number of hydrogen-bond acceptors (Lipinski definition) is 6. The molecule has 10 nitrogen and oxygen atoms in total. The van der Waals surface area contributed by atoms with E-state index in [1.165, 1.54) is 6.08 Å². The van der Waals surface area contributed by atoms with E-state index in [1.54, 1.807) is 26.7 Å². The molecule has 0 spiro atoms. The number of aryl methyl sites for hydroxylation is 1. The van der Waals surface area contributed by atoms with Crippen LogP contribution in [-0.4, -0.2) is 69.6 Å². The van der Waals surface area contributed by atoms with Crippen molar-refractivity contribution >= 4 is 23.1 Å². The summed E-state index contributed by atoms with van der Waals surface area (Å²) in [5.41, 5.74) is 8.79. The summed E-state index contributed by atoms with van der Waals surface area (Å²) in [5, 5.41) is 9.50. The number of hydrogen-bond donors (Lipinski definition) is 3. The number of pyridine rings is 1. The lowest BCUT2D eigenvalue weighted by atomic mass is 10.2. The molecule has 10 heteroatoms. The molecular weight excluding hydrogens is 434 g/mol. The van der Waals surface area contributed by atoms with Crippen molar-refractivity contribution in [3.05, 3.63) is 59.8 Å². The SMILES string of the molecule is C=CC(=O)N1CCCC1COC.CNc1n[nH]c(C#Cc2ccc(C)n3cncc23)c1C(N)=O. The van der Waals surface area contributed by atoms with E-state index < -0.39 is 5.91 Å². The molecule has 1 fully saturated rings. The van der Waals surface area contributed by atoms with Crippen LogP contribution in [0.3, 0.4) is 0 Å². The molecule has 1 aliphatic rings. The van der Waals surface area contributed by atoms with Crippen LogP contribution in [-0.2, 0) is 9.53 Å². The van der Waals surface area contributed by atoms with Gasteiger partial charge in [0.25, 0.3) is 5.91 Å². The number of nitrogens with zero attached hydrogens (tertiary/aromatic N) is 4. The molecule has 4 rings (SSSR count). The molecule has 0 bridgehead atoms.